The van der Waals surface area contributed by atoms with E-state index < -0.39 is 0 Å². The summed E-state index contributed by atoms with van der Waals surface area (Å²) < 4.78 is 0. The van der Waals surface area contributed by atoms with Gasteiger partial charge in [0, 0.05) is 18.0 Å². The van der Waals surface area contributed by atoms with E-state index in [2.05, 4.69) is 48.8 Å². The molecule has 0 saturated carbocycles. The van der Waals surface area contributed by atoms with E-state index in [0.717, 1.165) is 46.1 Å². The fourth-order valence-electron chi connectivity index (χ4n) is 3.45. The van der Waals surface area contributed by atoms with Crippen LogP contribution in [0.4, 0.5) is 0 Å². The van der Waals surface area contributed by atoms with Crippen LogP contribution in [0.15, 0.2) is 42.7 Å². The molecule has 5 heteroatoms. The van der Waals surface area contributed by atoms with Crippen molar-refractivity contribution in [2.45, 2.75) is 46.0 Å². The van der Waals surface area contributed by atoms with Crippen molar-refractivity contribution in [1.82, 2.24) is 15.0 Å². The van der Waals surface area contributed by atoms with Crippen LogP contribution < -0.4 is 5.73 Å². The Kier molecular flexibility index (Phi) is 7.06. The van der Waals surface area contributed by atoms with Crippen molar-refractivity contribution >= 4 is 16.9 Å². The van der Waals surface area contributed by atoms with Gasteiger partial charge >= 0.3 is 0 Å². The highest BCUT2D eigenvalue weighted by atomic mass is 32.1. The quantitative estimate of drug-likeness (QED) is 0.621. The van der Waals surface area contributed by atoms with Gasteiger partial charge in [-0.3, -0.25) is 4.98 Å². The van der Waals surface area contributed by atoms with E-state index in [0.29, 0.717) is 0 Å². The topological polar surface area (TPSA) is 64.7 Å². The first-order valence-corrected chi connectivity index (χ1v) is 10.7. The maximum Gasteiger partial charge on any atom is 0.125 e. The highest BCUT2D eigenvalue weighted by molar-refractivity contribution is 7.18. The van der Waals surface area contributed by atoms with Crippen molar-refractivity contribution in [3.05, 3.63) is 59.7 Å². The van der Waals surface area contributed by atoms with Crippen LogP contribution >= 0.6 is 11.3 Å². The monoisotopic (exact) mass is 392 g/mol. The van der Waals surface area contributed by atoms with Gasteiger partial charge in [-0.2, -0.15) is 0 Å². The molecule has 0 fully saturated rings. The Labute approximate surface area is 171 Å². The van der Waals surface area contributed by atoms with Crippen LogP contribution in [0, 0.1) is 6.92 Å². The molecule has 0 atom stereocenters. The third-order valence-electron chi connectivity index (χ3n) is 4.79. The van der Waals surface area contributed by atoms with Crippen molar-refractivity contribution < 1.29 is 0 Å². The SMILES string of the molecule is CCC/C=C1\CCCc2ccc(-c3sc(-c4cccnc4)nc3C)nc21.CN. The number of fused-ring (bicyclic) bond motifs is 1. The lowest BCUT2D eigenvalue weighted by Gasteiger charge is -2.19. The third kappa shape index (κ3) is 4.37. The molecule has 0 spiro atoms. The van der Waals surface area contributed by atoms with Gasteiger partial charge in [0.05, 0.1) is 22.0 Å². The lowest BCUT2D eigenvalue weighted by molar-refractivity contribution is 0.804. The molecule has 28 heavy (non-hydrogen) atoms. The average Bonchev–Trinajstić information content (AvgIpc) is 3.15. The zero-order valence-electron chi connectivity index (χ0n) is 16.9. The maximum atomic E-state index is 5.07. The van der Waals surface area contributed by atoms with E-state index >= 15 is 0 Å². The molecule has 2 N–H and O–H groups in total. The molecule has 3 aromatic heterocycles. The smallest absolute Gasteiger partial charge is 0.125 e. The molecule has 4 nitrogen and oxygen atoms in total. The van der Waals surface area contributed by atoms with Crippen LogP contribution in [0.3, 0.4) is 0 Å². The average molecular weight is 393 g/mol. The highest BCUT2D eigenvalue weighted by Crippen LogP contribution is 2.37. The fraction of sp³-hybridized carbons (Fsp3) is 0.348. The molecule has 3 heterocycles. The zero-order chi connectivity index (χ0) is 19.9. The minimum atomic E-state index is 1.01. The predicted octanol–water partition coefficient (Wildman–Crippen LogP) is 5.67. The molecule has 1 aliphatic rings. The minimum absolute atomic E-state index is 1.01. The van der Waals surface area contributed by atoms with E-state index in [1.807, 2.05) is 12.3 Å². The Morgan fingerprint density at radius 1 is 1.14 bits per heavy atom. The number of hydrogen-bond acceptors (Lipinski definition) is 5. The first kappa shape index (κ1) is 20.4. The summed E-state index contributed by atoms with van der Waals surface area (Å²) in [4.78, 5) is 15.2. The van der Waals surface area contributed by atoms with Crippen LogP contribution in [-0.4, -0.2) is 22.0 Å². The van der Waals surface area contributed by atoms with Crippen LogP contribution in [0.25, 0.3) is 26.7 Å². The molecule has 0 bridgehead atoms. The molecule has 146 valence electrons. The Bertz CT molecular complexity index is 944. The van der Waals surface area contributed by atoms with Gasteiger partial charge in [-0.05, 0) is 69.0 Å². The van der Waals surface area contributed by atoms with Gasteiger partial charge in [0.1, 0.15) is 5.01 Å². The third-order valence-corrected chi connectivity index (χ3v) is 6.02. The Morgan fingerprint density at radius 3 is 2.75 bits per heavy atom. The molecule has 0 aromatic carbocycles. The zero-order valence-corrected chi connectivity index (χ0v) is 17.7. The number of allylic oxidation sites excluding steroid dienone is 2. The van der Waals surface area contributed by atoms with Gasteiger partial charge in [0.25, 0.3) is 0 Å². The van der Waals surface area contributed by atoms with Crippen LogP contribution in [-0.2, 0) is 6.42 Å². The van der Waals surface area contributed by atoms with E-state index in [9.17, 15) is 0 Å². The standard InChI is InChI=1S/C22H23N3S.CH5N/c1-3-4-7-16-8-5-9-17-11-12-19(25-20(16)17)21-15(2)24-22(26-21)18-10-6-13-23-14-18;1-2/h6-7,10-14H,3-5,8-9H2,1-2H3;2H2,1H3/b16-7+;. The largest absolute Gasteiger partial charge is 0.333 e. The summed E-state index contributed by atoms with van der Waals surface area (Å²) in [5.74, 6) is 0. The molecule has 3 aromatic rings. The van der Waals surface area contributed by atoms with Crippen molar-refractivity contribution in [2.24, 2.45) is 5.73 Å². The molecule has 0 aliphatic heterocycles. The summed E-state index contributed by atoms with van der Waals surface area (Å²) in [6, 6.07) is 8.43. The Hall–Kier alpha value is -2.37. The van der Waals surface area contributed by atoms with Crippen LogP contribution in [0.5, 0.6) is 0 Å². The molecule has 0 saturated heterocycles. The molecule has 1 aliphatic carbocycles. The summed E-state index contributed by atoms with van der Waals surface area (Å²) in [5.41, 5.74) is 11.7. The number of hydrogen-bond donors (Lipinski definition) is 1. The van der Waals surface area contributed by atoms with E-state index in [1.54, 1.807) is 17.5 Å². The second kappa shape index (κ2) is 9.71. The minimum Gasteiger partial charge on any atom is -0.333 e. The van der Waals surface area contributed by atoms with E-state index in [4.69, 9.17) is 9.97 Å². The lowest BCUT2D eigenvalue weighted by Crippen LogP contribution is -2.05. The number of aromatic nitrogens is 3. The maximum absolute atomic E-state index is 5.07. The number of thiazole rings is 1. The summed E-state index contributed by atoms with van der Waals surface area (Å²) in [5, 5.41) is 1.01. The number of rotatable bonds is 4. The molecular weight excluding hydrogens is 364 g/mol. The highest BCUT2D eigenvalue weighted by Gasteiger charge is 2.18. The van der Waals surface area contributed by atoms with Crippen molar-refractivity contribution in [1.29, 1.82) is 0 Å². The second-order valence-corrected chi connectivity index (χ2v) is 7.75. The fourth-order valence-corrected chi connectivity index (χ4v) is 4.47. The lowest BCUT2D eigenvalue weighted by atomic mass is 9.90. The van der Waals surface area contributed by atoms with Gasteiger partial charge in [0.2, 0.25) is 0 Å². The molecule has 4 rings (SSSR count). The van der Waals surface area contributed by atoms with E-state index in [1.165, 1.54) is 36.7 Å². The molecule has 0 radical (unpaired) electrons. The van der Waals surface area contributed by atoms with Crippen molar-refractivity contribution in [2.75, 3.05) is 7.05 Å². The predicted molar refractivity (Wildman–Crippen MR) is 119 cm³/mol. The van der Waals surface area contributed by atoms with Gasteiger partial charge in [-0.25, -0.2) is 9.97 Å². The summed E-state index contributed by atoms with van der Waals surface area (Å²) in [7, 11) is 1.50. The van der Waals surface area contributed by atoms with Crippen molar-refractivity contribution in [3.8, 4) is 21.1 Å². The van der Waals surface area contributed by atoms with E-state index in [-0.39, 0.29) is 0 Å². The number of aryl methyl sites for hydroxylation is 2. The molecular formula is C23H28N4S. The van der Waals surface area contributed by atoms with Crippen molar-refractivity contribution in [3.63, 3.8) is 0 Å². The molecule has 0 unspecified atom stereocenters. The summed E-state index contributed by atoms with van der Waals surface area (Å²) >= 11 is 1.70. The second-order valence-electron chi connectivity index (χ2n) is 6.75. The number of unbranched alkanes of at least 4 members (excludes halogenated alkanes) is 1. The molecule has 0 amide bonds. The van der Waals surface area contributed by atoms with Crippen LogP contribution in [0.2, 0.25) is 0 Å². The first-order valence-electron chi connectivity index (χ1n) is 9.91. The van der Waals surface area contributed by atoms with Gasteiger partial charge in [-0.1, -0.05) is 25.5 Å². The summed E-state index contributed by atoms with van der Waals surface area (Å²) in [6.45, 7) is 4.30. The van der Waals surface area contributed by atoms with Gasteiger partial charge in [-0.15, -0.1) is 11.3 Å². The Balaban J connectivity index is 0.00000109. The number of pyridine rings is 2. The Morgan fingerprint density at radius 2 is 2.00 bits per heavy atom. The van der Waals surface area contributed by atoms with Gasteiger partial charge < -0.3 is 5.73 Å². The van der Waals surface area contributed by atoms with Crippen LogP contribution in [0.1, 0.15) is 49.6 Å². The van der Waals surface area contributed by atoms with Gasteiger partial charge in [0.15, 0.2) is 0 Å². The number of nitrogens with two attached hydrogens (primary N) is 1. The normalized spacial score (nSPS) is 14.4. The first-order chi connectivity index (χ1) is 13.8. The summed E-state index contributed by atoms with van der Waals surface area (Å²) in [6.07, 6.45) is 11.9. The number of nitrogens with zero attached hydrogens (tertiary/aromatic N) is 3.